The van der Waals surface area contributed by atoms with Crippen LogP contribution in [-0.4, -0.2) is 67.5 Å². The summed E-state index contributed by atoms with van der Waals surface area (Å²) in [5, 5.41) is 3.55. The molecule has 0 atom stereocenters. The Morgan fingerprint density at radius 3 is 1.06 bits per heavy atom. The summed E-state index contributed by atoms with van der Waals surface area (Å²) in [4.78, 5) is 27.4. The van der Waals surface area contributed by atoms with Gasteiger partial charge < -0.3 is 14.8 Å². The number of sulfone groups is 1. The Morgan fingerprint density at radius 1 is 0.377 bits per heavy atom. The lowest BCUT2D eigenvalue weighted by molar-refractivity contribution is -0.161. The third-order valence-corrected chi connectivity index (χ3v) is 40.3. The van der Waals surface area contributed by atoms with Crippen LogP contribution in [0.15, 0.2) is 295 Å². The van der Waals surface area contributed by atoms with Crippen molar-refractivity contribution in [1.29, 1.82) is 0 Å². The van der Waals surface area contributed by atoms with Crippen molar-refractivity contribution in [3.05, 3.63) is 264 Å². The quantitative estimate of drug-likeness (QED) is 0.0881. The summed E-state index contributed by atoms with van der Waals surface area (Å²) >= 11 is 0. The van der Waals surface area contributed by atoms with E-state index in [1.54, 1.807) is 46.1 Å². The molecule has 20 rings (SSSR count). The molecule has 13 heteroatoms. The molecule has 0 unspecified atom stereocenters. The highest BCUT2D eigenvalue weighted by Gasteiger charge is 2.56. The van der Waals surface area contributed by atoms with Gasteiger partial charge in [0.25, 0.3) is 0 Å². The van der Waals surface area contributed by atoms with E-state index in [-0.39, 0.29) is 38.6 Å². The van der Waals surface area contributed by atoms with E-state index >= 15 is 0 Å². The minimum absolute atomic E-state index is 0.0204. The topological polar surface area (TPSA) is 81.7 Å². The molecule has 1 N–H and O–H groups in total. The first kappa shape index (κ1) is 85.2. The second-order valence-electron chi connectivity index (χ2n) is 32.9. The standard InChI is InChI=1S/C23H31O2S.C18H14NS.C18H13O2S2.C15H23S.C14H21OS.C11H15S.C2H6/c1-15-7-20(26-5-3-4-6-26)8-16(2)21(15)25-22(24)23-12-17-9-18(13-23)11-19(10-17)14-23;1-2-8-14(9-3-1)20-17-12-6-4-10-15(17)19-16-11-5-7-13-18(16)20;19-22(20)17-12-6-4-10-15(17)21(14-8-2-1-3-9-14)16-11-5-7-13-18(16)22;1-15(2,3)13-7-9-14(10-8-13)16-11-5-4-6-12-16;1-11-9-13(10-12(2)14(11)15-3)16-7-5-4-6-8-16;1-3-7-11(8-4-1)12-9-5-2-6-10-12;1-2/h7-8,17-19H,3-6,9-14H2,1-2H3;1-13,19H;1-13H;7-10H,4-6,11-12H2,1-3H3;9-10H,4-8H2,1-3H3;1,3-4,7-8H,2,5-6,9-10H2;1-2H3/q6*+1;. The number of esters is 1. The predicted molar refractivity (Wildman–Crippen MR) is 492 cm³/mol. The van der Waals surface area contributed by atoms with Crippen molar-refractivity contribution in [2.24, 2.45) is 23.2 Å². The van der Waals surface area contributed by atoms with Gasteiger partial charge in [-0.2, -0.15) is 0 Å². The molecule has 10 aliphatic rings. The SMILES string of the molecule is CC.CC(C)(C)c1ccc([S+]2CCCCC2)cc1.COc1c(C)cc([S+]2CCCCC2)cc1C.Cc1cc([S+]2CCCC2)cc(C)c1OC(=O)C12CC3CC(CC(C3)C1)C2.O=S1(=O)c2ccccc2[S+](c2ccccc2)c2ccccc21.c1ccc([S+]2CCCCC2)cc1.c1ccc([S+]2c3ccccc3Nc3ccccc32)cc1. The summed E-state index contributed by atoms with van der Waals surface area (Å²) in [5.41, 5.74) is 8.89. The predicted octanol–water partition coefficient (Wildman–Crippen LogP) is 25.5. The molecular formula is C101H123NO5S7+6. The number of methoxy groups -OCH3 is 1. The lowest BCUT2D eigenvalue weighted by atomic mass is 9.49. The number of ether oxygens (including phenoxy) is 2. The molecule has 0 spiro atoms. The summed E-state index contributed by atoms with van der Waals surface area (Å²) in [5.74, 6) is 15.5. The number of para-hydroxylation sites is 2. The molecule has 0 aromatic heterocycles. The van der Waals surface area contributed by atoms with E-state index in [9.17, 15) is 13.2 Å². The van der Waals surface area contributed by atoms with Gasteiger partial charge in [-0.15, -0.1) is 0 Å². The normalized spacial score (nSPS) is 20.7. The van der Waals surface area contributed by atoms with E-state index < -0.39 is 9.84 Å². The fraction of sp³-hybridized carbons (Fsp3) is 0.396. The minimum atomic E-state index is -3.44. The average molecular weight is 1660 g/mol. The number of hydrogen-bond donors (Lipinski definition) is 1. The minimum Gasteiger partial charge on any atom is -0.496 e. The molecule has 598 valence electrons. The van der Waals surface area contributed by atoms with Crippen molar-refractivity contribution in [2.45, 2.75) is 236 Å². The van der Waals surface area contributed by atoms with Crippen LogP contribution in [0.25, 0.3) is 0 Å². The number of nitrogens with one attached hydrogen (secondary N) is 1. The molecule has 4 saturated carbocycles. The molecule has 0 radical (unpaired) electrons. The van der Waals surface area contributed by atoms with Crippen molar-refractivity contribution in [1.82, 2.24) is 0 Å². The van der Waals surface area contributed by atoms with Crippen LogP contribution >= 0.6 is 0 Å². The molecule has 10 aromatic rings. The van der Waals surface area contributed by atoms with E-state index in [1.807, 2.05) is 56.3 Å². The molecule has 114 heavy (non-hydrogen) atoms. The lowest BCUT2D eigenvalue weighted by Crippen LogP contribution is -2.51. The highest BCUT2D eigenvalue weighted by atomic mass is 32.2. The average Bonchev–Trinajstić information content (AvgIpc) is 0.744. The van der Waals surface area contributed by atoms with Gasteiger partial charge in [0.05, 0.1) is 23.9 Å². The smallest absolute Gasteiger partial charge is 0.317 e. The largest absolute Gasteiger partial charge is 0.496 e. The number of aryl methyl sites for hydroxylation is 4. The Kier molecular flexibility index (Phi) is 30.0. The molecule has 10 aromatic carbocycles. The number of benzene rings is 10. The second-order valence-corrected chi connectivity index (χ2v) is 47.8. The first-order chi connectivity index (χ1) is 55.4. The summed E-state index contributed by atoms with van der Waals surface area (Å²) in [7, 11) is -0.00463. The lowest BCUT2D eigenvalue weighted by Gasteiger charge is -2.55. The van der Waals surface area contributed by atoms with Crippen molar-refractivity contribution >= 4 is 92.6 Å². The van der Waals surface area contributed by atoms with Gasteiger partial charge in [0.2, 0.25) is 9.84 Å². The van der Waals surface area contributed by atoms with E-state index in [0.29, 0.717) is 53.4 Å². The Morgan fingerprint density at radius 2 is 0.684 bits per heavy atom. The number of fused-ring (bicyclic) bond motifs is 4. The Balaban J connectivity index is 0.000000121. The number of carbonyl (C=O) groups excluding carboxylic acids is 1. The van der Waals surface area contributed by atoms with Gasteiger partial charge >= 0.3 is 5.97 Å². The Labute approximate surface area is 702 Å². The van der Waals surface area contributed by atoms with Crippen molar-refractivity contribution < 1.29 is 22.7 Å². The van der Waals surface area contributed by atoms with Gasteiger partial charge in [-0.1, -0.05) is 150 Å². The number of hydrogen-bond acceptors (Lipinski definition) is 6. The molecule has 0 amide bonds. The maximum atomic E-state index is 13.3. The number of carbonyl (C=O) groups is 1. The van der Waals surface area contributed by atoms with Crippen LogP contribution in [0, 0.1) is 50.9 Å². The third kappa shape index (κ3) is 20.7. The van der Waals surface area contributed by atoms with E-state index in [2.05, 4.69) is 224 Å². The monoisotopic (exact) mass is 1650 g/mol. The van der Waals surface area contributed by atoms with Crippen LogP contribution < -0.4 is 14.8 Å². The molecule has 4 aliphatic carbocycles. The number of rotatable bonds is 9. The van der Waals surface area contributed by atoms with Crippen LogP contribution in [0.5, 0.6) is 11.5 Å². The summed E-state index contributed by atoms with van der Waals surface area (Å²) in [6, 6.07) is 82.4. The molecule has 6 nitrogen and oxygen atoms in total. The maximum absolute atomic E-state index is 13.3. The van der Waals surface area contributed by atoms with Gasteiger partial charge in [-0.3, -0.25) is 4.79 Å². The zero-order valence-electron chi connectivity index (χ0n) is 69.3. The highest BCUT2D eigenvalue weighted by Crippen LogP contribution is 2.61. The zero-order chi connectivity index (χ0) is 79.8. The second kappa shape index (κ2) is 40.2. The van der Waals surface area contributed by atoms with Crippen LogP contribution in [0.3, 0.4) is 0 Å². The van der Waals surface area contributed by atoms with E-state index in [4.69, 9.17) is 9.47 Å². The molecule has 4 bridgehead atoms. The molecule has 4 saturated heterocycles. The van der Waals surface area contributed by atoms with Gasteiger partial charge in [0, 0.05) is 43.6 Å². The van der Waals surface area contributed by atoms with Gasteiger partial charge in [0.15, 0.2) is 49.0 Å². The zero-order valence-corrected chi connectivity index (χ0v) is 75.0. The van der Waals surface area contributed by atoms with Crippen molar-refractivity contribution in [2.75, 3.05) is 58.4 Å². The summed E-state index contributed by atoms with van der Waals surface area (Å²) in [6.45, 7) is 19.4. The molecule has 8 fully saturated rings. The fourth-order valence-corrected chi connectivity index (χ4v) is 34.9. The number of anilines is 2. The molecular weight excluding hydrogens is 1530 g/mol. The van der Waals surface area contributed by atoms with Crippen LogP contribution in [0.4, 0.5) is 11.4 Å². The van der Waals surface area contributed by atoms with E-state index in [1.165, 1.54) is 184 Å². The van der Waals surface area contributed by atoms with Gasteiger partial charge in [0.1, 0.15) is 89.1 Å². The Bertz CT molecular complexity index is 4710. The first-order valence-electron chi connectivity index (χ1n) is 42.2. The van der Waals surface area contributed by atoms with Crippen LogP contribution in [0.2, 0.25) is 0 Å². The molecule has 6 heterocycles. The summed E-state index contributed by atoms with van der Waals surface area (Å²) in [6.07, 6.45) is 23.0. The van der Waals surface area contributed by atoms with Crippen LogP contribution in [-0.2, 0) is 85.4 Å². The highest BCUT2D eigenvalue weighted by molar-refractivity contribution is 8.01. The molecule has 6 aliphatic heterocycles. The van der Waals surface area contributed by atoms with Gasteiger partial charge in [-0.05, 0) is 309 Å². The third-order valence-electron chi connectivity index (χ3n) is 23.6. The van der Waals surface area contributed by atoms with Gasteiger partial charge in [-0.25, -0.2) is 8.42 Å². The van der Waals surface area contributed by atoms with Crippen molar-refractivity contribution in [3.8, 4) is 11.5 Å². The Hall–Kier alpha value is -6.68. The first-order valence-corrected chi connectivity index (χ1v) is 52.4. The van der Waals surface area contributed by atoms with Crippen LogP contribution in [0.1, 0.15) is 172 Å². The summed E-state index contributed by atoms with van der Waals surface area (Å²) < 4.78 is 37.3. The van der Waals surface area contributed by atoms with E-state index in [0.717, 1.165) is 74.3 Å². The fourth-order valence-electron chi connectivity index (χ4n) is 18.3. The maximum Gasteiger partial charge on any atom is 0.317 e. The van der Waals surface area contributed by atoms with Crippen molar-refractivity contribution in [3.63, 3.8) is 0 Å².